The fourth-order valence-electron chi connectivity index (χ4n) is 1.01. The lowest BCUT2D eigenvalue weighted by Gasteiger charge is -2.24. The Labute approximate surface area is 80.1 Å². The molecular formula is C10H18N2O. The van der Waals surface area contributed by atoms with E-state index in [0.717, 1.165) is 0 Å². The van der Waals surface area contributed by atoms with Gasteiger partial charge in [-0.05, 0) is 19.3 Å². The second kappa shape index (κ2) is 4.27. The maximum Gasteiger partial charge on any atom is 0.238 e. The number of amides is 1. The van der Waals surface area contributed by atoms with Gasteiger partial charge >= 0.3 is 0 Å². The predicted molar refractivity (Wildman–Crippen MR) is 51.8 cm³/mol. The summed E-state index contributed by atoms with van der Waals surface area (Å²) in [5.74, 6) is -0.750. The number of carbonyl (C=O) groups is 1. The van der Waals surface area contributed by atoms with Crippen molar-refractivity contribution in [1.29, 1.82) is 5.26 Å². The maximum absolute atomic E-state index is 11.5. The van der Waals surface area contributed by atoms with Crippen molar-refractivity contribution in [2.45, 2.75) is 40.7 Å². The van der Waals surface area contributed by atoms with Gasteiger partial charge in [0.25, 0.3) is 0 Å². The summed E-state index contributed by atoms with van der Waals surface area (Å²) in [5, 5.41) is 11.6. The second-order valence-electron chi connectivity index (χ2n) is 4.59. The summed E-state index contributed by atoms with van der Waals surface area (Å²) in [4.78, 5) is 11.5. The lowest BCUT2D eigenvalue weighted by atomic mass is 9.81. The van der Waals surface area contributed by atoms with Gasteiger partial charge in [-0.2, -0.15) is 5.26 Å². The van der Waals surface area contributed by atoms with E-state index in [4.69, 9.17) is 5.26 Å². The molecule has 0 aromatic heterocycles. The van der Waals surface area contributed by atoms with Crippen molar-refractivity contribution in [3.05, 3.63) is 0 Å². The summed E-state index contributed by atoms with van der Waals surface area (Å²) in [6.07, 6.45) is 0. The molecule has 0 aromatic rings. The van der Waals surface area contributed by atoms with E-state index in [9.17, 15) is 4.79 Å². The van der Waals surface area contributed by atoms with Gasteiger partial charge in [-0.3, -0.25) is 4.79 Å². The van der Waals surface area contributed by atoms with Crippen LogP contribution in [0.3, 0.4) is 0 Å². The predicted octanol–water partition coefficient (Wildman–Crippen LogP) is 1.70. The molecule has 0 aliphatic carbocycles. The van der Waals surface area contributed by atoms with E-state index in [-0.39, 0.29) is 17.4 Å². The monoisotopic (exact) mass is 182 g/mol. The molecule has 0 saturated heterocycles. The van der Waals surface area contributed by atoms with Gasteiger partial charge in [0.1, 0.15) is 5.92 Å². The molecule has 74 valence electrons. The van der Waals surface area contributed by atoms with Crippen LogP contribution in [0.1, 0.15) is 34.6 Å². The number of hydrogen-bond donors (Lipinski definition) is 1. The van der Waals surface area contributed by atoms with Gasteiger partial charge in [0, 0.05) is 6.04 Å². The Morgan fingerprint density at radius 1 is 1.38 bits per heavy atom. The van der Waals surface area contributed by atoms with Crippen molar-refractivity contribution >= 4 is 5.91 Å². The largest absolute Gasteiger partial charge is 0.353 e. The highest BCUT2D eigenvalue weighted by molar-refractivity contribution is 5.82. The van der Waals surface area contributed by atoms with E-state index < -0.39 is 5.92 Å². The smallest absolute Gasteiger partial charge is 0.238 e. The third-order valence-electron chi connectivity index (χ3n) is 1.69. The zero-order valence-electron chi connectivity index (χ0n) is 9.01. The Morgan fingerprint density at radius 2 is 1.85 bits per heavy atom. The van der Waals surface area contributed by atoms with E-state index in [2.05, 4.69) is 5.32 Å². The van der Waals surface area contributed by atoms with Gasteiger partial charge in [0.2, 0.25) is 5.91 Å². The van der Waals surface area contributed by atoms with Crippen molar-refractivity contribution in [3.8, 4) is 6.07 Å². The molecule has 0 aliphatic rings. The van der Waals surface area contributed by atoms with Crippen molar-refractivity contribution in [1.82, 2.24) is 5.32 Å². The van der Waals surface area contributed by atoms with E-state index in [1.807, 2.05) is 40.7 Å². The summed E-state index contributed by atoms with van der Waals surface area (Å²) < 4.78 is 0. The minimum Gasteiger partial charge on any atom is -0.353 e. The van der Waals surface area contributed by atoms with Crippen molar-refractivity contribution < 1.29 is 4.79 Å². The third-order valence-corrected chi connectivity index (χ3v) is 1.69. The van der Waals surface area contributed by atoms with E-state index in [0.29, 0.717) is 0 Å². The molecule has 0 saturated carbocycles. The molecule has 3 heteroatoms. The first kappa shape index (κ1) is 12.0. The van der Waals surface area contributed by atoms with Gasteiger partial charge in [-0.15, -0.1) is 0 Å². The van der Waals surface area contributed by atoms with Crippen LogP contribution in [0.25, 0.3) is 0 Å². The van der Waals surface area contributed by atoms with Crippen LogP contribution in [-0.4, -0.2) is 11.9 Å². The first-order valence-corrected chi connectivity index (χ1v) is 4.49. The molecule has 3 nitrogen and oxygen atoms in total. The molecular weight excluding hydrogens is 164 g/mol. The molecule has 0 rings (SSSR count). The maximum atomic E-state index is 11.5. The van der Waals surface area contributed by atoms with E-state index in [1.165, 1.54) is 0 Å². The van der Waals surface area contributed by atoms with Crippen molar-refractivity contribution in [2.75, 3.05) is 0 Å². The Hall–Kier alpha value is -1.04. The highest BCUT2D eigenvalue weighted by Gasteiger charge is 2.31. The third kappa shape index (κ3) is 3.93. The molecule has 1 N–H and O–H groups in total. The fraction of sp³-hybridized carbons (Fsp3) is 0.800. The Kier molecular flexibility index (Phi) is 3.93. The van der Waals surface area contributed by atoms with Gasteiger partial charge in [-0.1, -0.05) is 20.8 Å². The topological polar surface area (TPSA) is 52.9 Å². The lowest BCUT2D eigenvalue weighted by Crippen LogP contribution is -2.40. The van der Waals surface area contributed by atoms with Crippen LogP contribution in [0.4, 0.5) is 0 Å². The first-order chi connectivity index (χ1) is 5.79. The number of nitrogens with zero attached hydrogens (tertiary/aromatic N) is 1. The van der Waals surface area contributed by atoms with Crippen LogP contribution in [0, 0.1) is 22.7 Å². The van der Waals surface area contributed by atoms with Crippen LogP contribution in [0.15, 0.2) is 0 Å². The summed E-state index contributed by atoms with van der Waals surface area (Å²) in [5.41, 5.74) is -0.298. The van der Waals surface area contributed by atoms with Gasteiger partial charge < -0.3 is 5.32 Å². The highest BCUT2D eigenvalue weighted by atomic mass is 16.1. The quantitative estimate of drug-likeness (QED) is 0.706. The Balaban J connectivity index is 4.45. The zero-order chi connectivity index (χ0) is 10.6. The average molecular weight is 182 g/mol. The molecule has 0 heterocycles. The van der Waals surface area contributed by atoms with Gasteiger partial charge in [0.15, 0.2) is 0 Å². The van der Waals surface area contributed by atoms with Crippen LogP contribution in [0.5, 0.6) is 0 Å². The molecule has 13 heavy (non-hydrogen) atoms. The number of hydrogen-bond acceptors (Lipinski definition) is 2. The molecule has 1 amide bonds. The molecule has 0 aliphatic heterocycles. The molecule has 0 fully saturated rings. The molecule has 1 atom stereocenters. The summed E-state index contributed by atoms with van der Waals surface area (Å²) in [6, 6.07) is 2.12. The Morgan fingerprint density at radius 3 is 2.08 bits per heavy atom. The van der Waals surface area contributed by atoms with E-state index >= 15 is 0 Å². The minimum atomic E-state index is -0.574. The fourth-order valence-corrected chi connectivity index (χ4v) is 1.01. The normalized spacial score (nSPS) is 13.6. The van der Waals surface area contributed by atoms with Crippen molar-refractivity contribution in [2.24, 2.45) is 11.3 Å². The van der Waals surface area contributed by atoms with E-state index in [1.54, 1.807) is 0 Å². The summed E-state index contributed by atoms with van der Waals surface area (Å²) >= 11 is 0. The second-order valence-corrected chi connectivity index (χ2v) is 4.59. The molecule has 0 spiro atoms. The van der Waals surface area contributed by atoms with Crippen molar-refractivity contribution in [3.63, 3.8) is 0 Å². The van der Waals surface area contributed by atoms with Crippen LogP contribution < -0.4 is 5.32 Å². The average Bonchev–Trinajstić information content (AvgIpc) is 1.82. The Bertz CT molecular complexity index is 220. The van der Waals surface area contributed by atoms with Crippen LogP contribution in [-0.2, 0) is 4.79 Å². The number of nitriles is 1. The number of rotatable bonds is 2. The number of carbonyl (C=O) groups excluding carboxylic acids is 1. The first-order valence-electron chi connectivity index (χ1n) is 4.49. The molecule has 0 bridgehead atoms. The molecule has 0 radical (unpaired) electrons. The lowest BCUT2D eigenvalue weighted by molar-refractivity contribution is -0.126. The summed E-state index contributed by atoms with van der Waals surface area (Å²) in [7, 11) is 0. The minimum absolute atomic E-state index is 0.0886. The zero-order valence-corrected chi connectivity index (χ0v) is 9.01. The molecule has 1 unspecified atom stereocenters. The van der Waals surface area contributed by atoms with Crippen LogP contribution in [0.2, 0.25) is 0 Å². The highest BCUT2D eigenvalue weighted by Crippen LogP contribution is 2.25. The van der Waals surface area contributed by atoms with Crippen LogP contribution >= 0.6 is 0 Å². The number of nitrogens with one attached hydrogen (secondary N) is 1. The molecule has 0 aromatic carbocycles. The summed E-state index contributed by atoms with van der Waals surface area (Å²) in [6.45, 7) is 9.44. The van der Waals surface area contributed by atoms with Gasteiger partial charge in [0.05, 0.1) is 6.07 Å². The standard InChI is InChI=1S/C10H18N2O/c1-7(2)12-9(13)8(6-11)10(3,4)5/h7-8H,1-5H3,(H,12,13). The SMILES string of the molecule is CC(C)NC(=O)C(C#N)C(C)(C)C. The van der Waals surface area contributed by atoms with Gasteiger partial charge in [-0.25, -0.2) is 0 Å².